The molecule has 2 heterocycles. The van der Waals surface area contributed by atoms with Crippen molar-refractivity contribution in [1.29, 1.82) is 0 Å². The first-order chi connectivity index (χ1) is 11.7. The lowest BCUT2D eigenvalue weighted by Gasteiger charge is -2.10. The van der Waals surface area contributed by atoms with Crippen LogP contribution in [0.5, 0.6) is 11.5 Å². The van der Waals surface area contributed by atoms with Crippen molar-refractivity contribution in [3.63, 3.8) is 0 Å². The quantitative estimate of drug-likeness (QED) is 0.604. The molecule has 1 aliphatic carbocycles. The zero-order valence-corrected chi connectivity index (χ0v) is 14.5. The van der Waals surface area contributed by atoms with Crippen LogP contribution >= 0.6 is 11.3 Å². The molecule has 0 radical (unpaired) electrons. The van der Waals surface area contributed by atoms with Gasteiger partial charge >= 0.3 is 0 Å². The summed E-state index contributed by atoms with van der Waals surface area (Å²) in [5.74, 6) is 2.29. The van der Waals surface area contributed by atoms with Crippen molar-refractivity contribution in [3.05, 3.63) is 46.5 Å². The smallest absolute Gasteiger partial charge is 0.189 e. The molecular weight excluding hydrogens is 322 g/mol. The number of pyridine rings is 1. The van der Waals surface area contributed by atoms with Crippen LogP contribution in [0, 0.1) is 6.92 Å². The number of hydrogen-bond donors (Lipinski definition) is 1. The van der Waals surface area contributed by atoms with Crippen molar-refractivity contribution in [1.82, 2.24) is 9.97 Å². The van der Waals surface area contributed by atoms with Crippen molar-refractivity contribution in [3.8, 4) is 22.8 Å². The minimum absolute atomic E-state index is 0.729. The maximum atomic E-state index is 5.42. The monoisotopic (exact) mass is 339 g/mol. The van der Waals surface area contributed by atoms with Gasteiger partial charge in [-0.1, -0.05) is 6.07 Å². The Morgan fingerprint density at radius 1 is 1.12 bits per heavy atom. The number of methoxy groups -OCH3 is 2. The van der Waals surface area contributed by atoms with Crippen molar-refractivity contribution < 1.29 is 9.47 Å². The van der Waals surface area contributed by atoms with Gasteiger partial charge in [-0.3, -0.25) is 0 Å². The molecule has 24 heavy (non-hydrogen) atoms. The van der Waals surface area contributed by atoms with Crippen LogP contribution in [0.15, 0.2) is 30.5 Å². The second-order valence-corrected chi connectivity index (χ2v) is 6.76. The number of anilines is 2. The molecule has 0 unspecified atom stereocenters. The summed E-state index contributed by atoms with van der Waals surface area (Å²) >= 11 is 1.66. The summed E-state index contributed by atoms with van der Waals surface area (Å²) in [6, 6.07) is 8.04. The molecule has 1 aromatic carbocycles. The van der Waals surface area contributed by atoms with Gasteiger partial charge in [0.15, 0.2) is 16.6 Å². The Kier molecular flexibility index (Phi) is 3.61. The molecule has 6 heteroatoms. The van der Waals surface area contributed by atoms with Crippen LogP contribution in [0.1, 0.15) is 16.0 Å². The number of ether oxygens (including phenoxy) is 2. The van der Waals surface area contributed by atoms with E-state index in [1.54, 1.807) is 25.6 Å². The van der Waals surface area contributed by atoms with E-state index in [1.165, 1.54) is 10.4 Å². The first-order valence-corrected chi connectivity index (χ1v) is 8.44. The van der Waals surface area contributed by atoms with E-state index in [1.807, 2.05) is 37.4 Å². The Hall–Kier alpha value is -2.60. The zero-order chi connectivity index (χ0) is 16.7. The summed E-state index contributed by atoms with van der Waals surface area (Å²) in [6.07, 6.45) is 2.71. The number of thiazole rings is 1. The van der Waals surface area contributed by atoms with E-state index in [4.69, 9.17) is 14.5 Å². The van der Waals surface area contributed by atoms with Gasteiger partial charge in [-0.2, -0.15) is 0 Å². The molecule has 1 aliphatic rings. The highest BCUT2D eigenvalue weighted by Gasteiger charge is 2.25. The molecule has 2 aromatic heterocycles. The molecule has 0 atom stereocenters. The number of fused-ring (bicyclic) bond motifs is 3. The lowest BCUT2D eigenvalue weighted by molar-refractivity contribution is 0.355. The average molecular weight is 339 g/mol. The Bertz CT molecular complexity index is 903. The normalized spacial score (nSPS) is 11.8. The average Bonchev–Trinajstić information content (AvgIpc) is 3.12. The van der Waals surface area contributed by atoms with Crippen molar-refractivity contribution in [2.24, 2.45) is 0 Å². The van der Waals surface area contributed by atoms with E-state index in [2.05, 4.69) is 10.3 Å². The van der Waals surface area contributed by atoms with Gasteiger partial charge in [0.25, 0.3) is 0 Å². The zero-order valence-electron chi connectivity index (χ0n) is 13.7. The first-order valence-electron chi connectivity index (χ1n) is 7.62. The third-order valence-electron chi connectivity index (χ3n) is 4.06. The van der Waals surface area contributed by atoms with Crippen LogP contribution in [0.2, 0.25) is 0 Å². The molecule has 0 aliphatic heterocycles. The number of benzene rings is 1. The molecule has 0 spiro atoms. The molecule has 0 amide bonds. The number of hydrogen-bond acceptors (Lipinski definition) is 6. The van der Waals surface area contributed by atoms with Crippen molar-refractivity contribution in [2.45, 2.75) is 13.3 Å². The minimum atomic E-state index is 0.729. The van der Waals surface area contributed by atoms with Gasteiger partial charge in [0, 0.05) is 23.1 Å². The molecule has 122 valence electrons. The number of aromatic nitrogens is 2. The number of nitrogens with zero attached hydrogens (tertiary/aromatic N) is 2. The SMILES string of the molecule is COc1cc2c(cc1OC)-c1nc(Nc3ccc(C)cn3)sc1C2. The van der Waals surface area contributed by atoms with Gasteiger partial charge in [0.05, 0.1) is 19.9 Å². The van der Waals surface area contributed by atoms with Crippen molar-refractivity contribution in [2.75, 3.05) is 19.5 Å². The molecule has 3 aromatic rings. The van der Waals surface area contributed by atoms with Gasteiger partial charge in [-0.15, -0.1) is 11.3 Å². The summed E-state index contributed by atoms with van der Waals surface area (Å²) in [5, 5.41) is 4.14. The van der Waals surface area contributed by atoms with Crippen LogP contribution in [-0.4, -0.2) is 24.2 Å². The molecule has 1 N–H and O–H groups in total. The molecule has 4 rings (SSSR count). The van der Waals surface area contributed by atoms with Crippen LogP contribution in [0.3, 0.4) is 0 Å². The van der Waals surface area contributed by atoms with Crippen LogP contribution < -0.4 is 14.8 Å². The standard InChI is InChI=1S/C18H17N3O2S/c1-10-4-5-16(19-9-10)20-18-21-17-12-8-14(23-3)13(22-2)6-11(12)7-15(17)24-18/h4-6,8-9H,7H2,1-3H3,(H,19,20,21). The van der Waals surface area contributed by atoms with Gasteiger partial charge in [0.1, 0.15) is 5.82 Å². The lowest BCUT2D eigenvalue weighted by atomic mass is 10.1. The molecule has 0 bridgehead atoms. The highest BCUT2D eigenvalue weighted by molar-refractivity contribution is 7.16. The van der Waals surface area contributed by atoms with E-state index in [0.29, 0.717) is 0 Å². The second kappa shape index (κ2) is 5.79. The summed E-state index contributed by atoms with van der Waals surface area (Å²) in [7, 11) is 3.31. The molecular formula is C18H17N3O2S. The summed E-state index contributed by atoms with van der Waals surface area (Å²) in [4.78, 5) is 10.4. The Balaban J connectivity index is 1.67. The Morgan fingerprint density at radius 2 is 1.92 bits per heavy atom. The van der Waals surface area contributed by atoms with E-state index in [-0.39, 0.29) is 0 Å². The number of rotatable bonds is 4. The largest absolute Gasteiger partial charge is 0.493 e. The molecule has 0 saturated carbocycles. The fraction of sp³-hybridized carbons (Fsp3) is 0.222. The predicted molar refractivity (Wildman–Crippen MR) is 95.7 cm³/mol. The highest BCUT2D eigenvalue weighted by atomic mass is 32.1. The van der Waals surface area contributed by atoms with Crippen LogP contribution in [0.4, 0.5) is 10.9 Å². The van der Waals surface area contributed by atoms with Gasteiger partial charge in [-0.25, -0.2) is 9.97 Å². The maximum Gasteiger partial charge on any atom is 0.189 e. The second-order valence-electron chi connectivity index (χ2n) is 5.68. The fourth-order valence-electron chi connectivity index (χ4n) is 2.85. The van der Waals surface area contributed by atoms with E-state index in [9.17, 15) is 0 Å². The number of nitrogens with one attached hydrogen (secondary N) is 1. The summed E-state index contributed by atoms with van der Waals surface area (Å²) in [5.41, 5.74) is 4.49. The summed E-state index contributed by atoms with van der Waals surface area (Å²) < 4.78 is 10.8. The maximum absolute atomic E-state index is 5.42. The third-order valence-corrected chi connectivity index (χ3v) is 5.03. The third kappa shape index (κ3) is 2.49. The topological polar surface area (TPSA) is 56.3 Å². The molecule has 5 nitrogen and oxygen atoms in total. The van der Waals surface area contributed by atoms with Crippen LogP contribution in [-0.2, 0) is 6.42 Å². The van der Waals surface area contributed by atoms with Crippen LogP contribution in [0.25, 0.3) is 11.3 Å². The predicted octanol–water partition coefficient (Wildman–Crippen LogP) is 4.18. The highest BCUT2D eigenvalue weighted by Crippen LogP contribution is 2.45. The minimum Gasteiger partial charge on any atom is -0.493 e. The lowest BCUT2D eigenvalue weighted by Crippen LogP contribution is -1.94. The molecule has 0 fully saturated rings. The summed E-state index contributed by atoms with van der Waals surface area (Å²) in [6.45, 7) is 2.02. The van der Waals surface area contributed by atoms with E-state index in [0.717, 1.165) is 45.7 Å². The molecule has 0 saturated heterocycles. The van der Waals surface area contributed by atoms with E-state index < -0.39 is 0 Å². The fourth-order valence-corrected chi connectivity index (χ4v) is 3.85. The van der Waals surface area contributed by atoms with Gasteiger partial charge in [0.2, 0.25) is 0 Å². The van der Waals surface area contributed by atoms with E-state index >= 15 is 0 Å². The first kappa shape index (κ1) is 15.0. The van der Waals surface area contributed by atoms with Gasteiger partial charge in [-0.05, 0) is 36.2 Å². The van der Waals surface area contributed by atoms with Gasteiger partial charge < -0.3 is 14.8 Å². The Labute approximate surface area is 144 Å². The van der Waals surface area contributed by atoms with Crippen molar-refractivity contribution >= 4 is 22.3 Å². The Morgan fingerprint density at radius 3 is 2.62 bits per heavy atom. The number of aryl methyl sites for hydroxylation is 1.